The van der Waals surface area contributed by atoms with Crippen LogP contribution in [0.2, 0.25) is 0 Å². The molecule has 0 bridgehead atoms. The second-order valence-electron chi connectivity index (χ2n) is 14.0. The minimum atomic E-state index is -0.0999. The van der Waals surface area contributed by atoms with Crippen LogP contribution in [0.15, 0.2) is 164 Å². The molecule has 51 heavy (non-hydrogen) atoms. The third-order valence-corrected chi connectivity index (χ3v) is 10.7. The van der Waals surface area contributed by atoms with Gasteiger partial charge in [-0.05, 0) is 77.8 Å². The molecule has 0 aliphatic heterocycles. The first kappa shape index (κ1) is 29.5. The Labute approximate surface area is 297 Å². The van der Waals surface area contributed by atoms with E-state index >= 15 is 0 Å². The predicted molar refractivity (Wildman–Crippen MR) is 212 cm³/mol. The molecule has 0 radical (unpaired) electrons. The predicted octanol–water partition coefficient (Wildman–Crippen LogP) is 12.3. The van der Waals surface area contributed by atoms with Crippen molar-refractivity contribution in [3.05, 3.63) is 175 Å². The highest BCUT2D eigenvalue weighted by Crippen LogP contribution is 2.50. The van der Waals surface area contributed by atoms with Gasteiger partial charge in [-0.2, -0.15) is 0 Å². The maximum Gasteiger partial charge on any atom is 0.165 e. The third kappa shape index (κ3) is 4.62. The van der Waals surface area contributed by atoms with Gasteiger partial charge in [0.1, 0.15) is 0 Å². The van der Waals surface area contributed by atoms with Gasteiger partial charge in [0.15, 0.2) is 17.5 Å². The number of benzene rings is 8. The second kappa shape index (κ2) is 11.3. The van der Waals surface area contributed by atoms with E-state index in [4.69, 9.17) is 15.0 Å². The molecule has 1 heterocycles. The van der Waals surface area contributed by atoms with Crippen molar-refractivity contribution in [2.45, 2.75) is 19.3 Å². The lowest BCUT2D eigenvalue weighted by Crippen LogP contribution is -2.14. The highest BCUT2D eigenvalue weighted by atomic mass is 15.0. The number of aromatic nitrogens is 3. The van der Waals surface area contributed by atoms with Gasteiger partial charge in [0.2, 0.25) is 0 Å². The van der Waals surface area contributed by atoms with Gasteiger partial charge < -0.3 is 0 Å². The second-order valence-corrected chi connectivity index (χ2v) is 14.0. The van der Waals surface area contributed by atoms with Gasteiger partial charge in [0.05, 0.1) is 0 Å². The Morgan fingerprint density at radius 3 is 1.82 bits per heavy atom. The molecule has 0 saturated heterocycles. The summed E-state index contributed by atoms with van der Waals surface area (Å²) in [5.74, 6) is 1.97. The number of rotatable bonds is 4. The lowest BCUT2D eigenvalue weighted by molar-refractivity contribution is 0.660. The van der Waals surface area contributed by atoms with E-state index in [-0.39, 0.29) is 5.41 Å². The molecule has 3 nitrogen and oxygen atoms in total. The Bertz CT molecular complexity index is 2830. The Morgan fingerprint density at radius 1 is 0.353 bits per heavy atom. The topological polar surface area (TPSA) is 38.7 Å². The first-order valence-electron chi connectivity index (χ1n) is 17.5. The van der Waals surface area contributed by atoms with Crippen molar-refractivity contribution < 1.29 is 0 Å². The molecular weight excluding hydrogens is 619 g/mol. The lowest BCUT2D eigenvalue weighted by Gasteiger charge is -2.22. The smallest absolute Gasteiger partial charge is 0.165 e. The summed E-state index contributed by atoms with van der Waals surface area (Å²) >= 11 is 0. The maximum atomic E-state index is 5.38. The van der Waals surface area contributed by atoms with Crippen LogP contribution in [0.3, 0.4) is 0 Å². The van der Waals surface area contributed by atoms with E-state index in [0.717, 1.165) is 44.0 Å². The van der Waals surface area contributed by atoms with Crippen LogP contribution in [0.4, 0.5) is 0 Å². The van der Waals surface area contributed by atoms with E-state index in [1.54, 1.807) is 0 Å². The van der Waals surface area contributed by atoms with Gasteiger partial charge in [0, 0.05) is 22.1 Å². The molecule has 0 fully saturated rings. The molecule has 0 atom stereocenters. The normalized spacial score (nSPS) is 13.1. The molecule has 3 heteroatoms. The summed E-state index contributed by atoms with van der Waals surface area (Å²) in [6.45, 7) is 4.66. The standard InChI is InChI=1S/C48H33N3/c1-48(2)42-23-13-12-21-37(42)38-26-25-33(29-43(38)48)35-19-10-11-22-40(35)46-49-45(31-15-4-3-5-16-31)50-47(51-46)44-36-20-9-7-17-32(36)28-41-34-18-8-6-14-30(34)24-27-39(41)44/h3-29H,1-2H3. The summed E-state index contributed by atoms with van der Waals surface area (Å²) in [4.78, 5) is 15.8. The summed E-state index contributed by atoms with van der Waals surface area (Å²) in [6.07, 6.45) is 0. The fraction of sp³-hybridized carbons (Fsp3) is 0.0625. The van der Waals surface area contributed by atoms with Crippen molar-refractivity contribution >= 4 is 32.3 Å². The zero-order valence-corrected chi connectivity index (χ0v) is 28.4. The number of fused-ring (bicyclic) bond motifs is 7. The van der Waals surface area contributed by atoms with Gasteiger partial charge in [-0.15, -0.1) is 0 Å². The molecule has 0 unspecified atom stereocenters. The van der Waals surface area contributed by atoms with Crippen molar-refractivity contribution in [2.75, 3.05) is 0 Å². The minimum Gasteiger partial charge on any atom is -0.208 e. The molecule has 0 N–H and O–H groups in total. The average Bonchev–Trinajstić information content (AvgIpc) is 3.42. The lowest BCUT2D eigenvalue weighted by atomic mass is 9.81. The first-order valence-corrected chi connectivity index (χ1v) is 17.5. The fourth-order valence-corrected chi connectivity index (χ4v) is 8.19. The Hall–Kier alpha value is -6.45. The van der Waals surface area contributed by atoms with Crippen molar-refractivity contribution in [1.29, 1.82) is 0 Å². The van der Waals surface area contributed by atoms with Gasteiger partial charge >= 0.3 is 0 Å². The van der Waals surface area contributed by atoms with Crippen molar-refractivity contribution in [3.63, 3.8) is 0 Å². The zero-order valence-electron chi connectivity index (χ0n) is 28.4. The van der Waals surface area contributed by atoms with Gasteiger partial charge in [-0.1, -0.05) is 166 Å². The molecule has 0 spiro atoms. The molecule has 0 amide bonds. The molecule has 1 aliphatic carbocycles. The van der Waals surface area contributed by atoms with Gasteiger partial charge in [-0.25, -0.2) is 15.0 Å². The van der Waals surface area contributed by atoms with Crippen molar-refractivity contribution in [1.82, 2.24) is 15.0 Å². The van der Waals surface area contributed by atoms with E-state index in [0.29, 0.717) is 17.5 Å². The highest BCUT2D eigenvalue weighted by Gasteiger charge is 2.35. The molecular formula is C48H33N3. The molecule has 1 aromatic heterocycles. The SMILES string of the molecule is CC1(C)c2ccccc2-c2ccc(-c3ccccc3-c3nc(-c4ccccc4)nc(-c4c5ccccc5cc5c4ccc4ccccc45)n3)cc21. The third-order valence-electron chi connectivity index (χ3n) is 10.7. The van der Waals surface area contributed by atoms with Crippen LogP contribution < -0.4 is 0 Å². The highest BCUT2D eigenvalue weighted by molar-refractivity contribution is 6.19. The number of nitrogens with zero attached hydrogens (tertiary/aromatic N) is 3. The molecule has 240 valence electrons. The maximum absolute atomic E-state index is 5.38. The average molecular weight is 652 g/mol. The summed E-state index contributed by atoms with van der Waals surface area (Å²) in [5.41, 5.74) is 10.4. The van der Waals surface area contributed by atoms with Gasteiger partial charge in [0.25, 0.3) is 0 Å². The van der Waals surface area contributed by atoms with Crippen LogP contribution in [0.5, 0.6) is 0 Å². The van der Waals surface area contributed by atoms with E-state index in [1.807, 2.05) is 18.2 Å². The number of hydrogen-bond donors (Lipinski definition) is 0. The van der Waals surface area contributed by atoms with E-state index in [1.165, 1.54) is 38.4 Å². The Balaban J connectivity index is 1.23. The van der Waals surface area contributed by atoms with Gasteiger partial charge in [-0.3, -0.25) is 0 Å². The fourth-order valence-electron chi connectivity index (χ4n) is 8.19. The summed E-state index contributed by atoms with van der Waals surface area (Å²) in [6, 6.07) is 58.4. The van der Waals surface area contributed by atoms with E-state index in [2.05, 4.69) is 159 Å². The summed E-state index contributed by atoms with van der Waals surface area (Å²) in [5, 5.41) is 7.00. The number of hydrogen-bond acceptors (Lipinski definition) is 3. The van der Waals surface area contributed by atoms with Crippen molar-refractivity contribution in [3.8, 4) is 56.4 Å². The first-order chi connectivity index (χ1) is 25.0. The van der Waals surface area contributed by atoms with Crippen LogP contribution in [0.1, 0.15) is 25.0 Å². The quantitative estimate of drug-likeness (QED) is 0.140. The molecule has 10 rings (SSSR count). The van der Waals surface area contributed by atoms with Crippen LogP contribution in [0.25, 0.3) is 88.7 Å². The summed E-state index contributed by atoms with van der Waals surface area (Å²) in [7, 11) is 0. The van der Waals surface area contributed by atoms with E-state index < -0.39 is 0 Å². The van der Waals surface area contributed by atoms with Crippen LogP contribution in [-0.4, -0.2) is 15.0 Å². The molecule has 9 aromatic rings. The minimum absolute atomic E-state index is 0.0999. The van der Waals surface area contributed by atoms with Crippen LogP contribution in [0, 0.1) is 0 Å². The van der Waals surface area contributed by atoms with Crippen molar-refractivity contribution in [2.24, 2.45) is 0 Å². The molecule has 1 aliphatic rings. The van der Waals surface area contributed by atoms with E-state index in [9.17, 15) is 0 Å². The Kier molecular flexibility index (Phi) is 6.53. The zero-order chi connectivity index (χ0) is 34.1. The monoisotopic (exact) mass is 651 g/mol. The van der Waals surface area contributed by atoms with Crippen LogP contribution in [-0.2, 0) is 5.41 Å². The van der Waals surface area contributed by atoms with Crippen LogP contribution >= 0.6 is 0 Å². The Morgan fingerprint density at radius 2 is 0.980 bits per heavy atom. The summed E-state index contributed by atoms with van der Waals surface area (Å²) < 4.78 is 0. The molecule has 0 saturated carbocycles. The largest absolute Gasteiger partial charge is 0.208 e. The molecule has 8 aromatic carbocycles.